The molecule has 0 aliphatic rings. The standard InChI is InChI=1S/C9H15ClN4/c1-5(2)8(14-12)7-3-6(10)4-13-9(7)11/h3-5,8,14H,12H2,1-2H3,(H2,11,13). The number of pyridine rings is 1. The Bertz CT molecular complexity index is 314. The summed E-state index contributed by atoms with van der Waals surface area (Å²) >= 11 is 5.84. The number of hydrogen-bond acceptors (Lipinski definition) is 4. The summed E-state index contributed by atoms with van der Waals surface area (Å²) in [5.41, 5.74) is 9.29. The third-order valence-corrected chi connectivity index (χ3v) is 2.30. The molecule has 1 heterocycles. The first-order valence-electron chi connectivity index (χ1n) is 4.43. The number of halogens is 1. The Balaban J connectivity index is 3.08. The molecular formula is C9H15ClN4. The van der Waals surface area contributed by atoms with E-state index in [1.165, 1.54) is 6.20 Å². The van der Waals surface area contributed by atoms with Crippen LogP contribution >= 0.6 is 11.6 Å². The van der Waals surface area contributed by atoms with Gasteiger partial charge in [-0.25, -0.2) is 4.98 Å². The minimum absolute atomic E-state index is 0.0267. The summed E-state index contributed by atoms with van der Waals surface area (Å²) in [7, 11) is 0. The fourth-order valence-electron chi connectivity index (χ4n) is 1.36. The topological polar surface area (TPSA) is 77.0 Å². The molecule has 0 saturated carbocycles. The number of nitrogens with one attached hydrogen (secondary N) is 1. The maximum atomic E-state index is 5.84. The minimum Gasteiger partial charge on any atom is -0.383 e. The summed E-state index contributed by atoms with van der Waals surface area (Å²) in [4.78, 5) is 3.98. The van der Waals surface area contributed by atoms with E-state index < -0.39 is 0 Å². The third-order valence-electron chi connectivity index (χ3n) is 2.10. The first-order chi connectivity index (χ1) is 6.56. The van der Waals surface area contributed by atoms with Crippen LogP contribution in [0.25, 0.3) is 0 Å². The quantitative estimate of drug-likeness (QED) is 0.526. The molecule has 5 N–H and O–H groups in total. The molecular weight excluding hydrogens is 200 g/mol. The van der Waals surface area contributed by atoms with Crippen LogP contribution in [0.4, 0.5) is 5.82 Å². The predicted molar refractivity (Wildman–Crippen MR) is 58.6 cm³/mol. The molecule has 1 aromatic rings. The van der Waals surface area contributed by atoms with E-state index in [0.29, 0.717) is 16.8 Å². The molecule has 0 bridgehead atoms. The van der Waals surface area contributed by atoms with Crippen molar-refractivity contribution in [2.75, 3.05) is 5.73 Å². The van der Waals surface area contributed by atoms with Gasteiger partial charge in [-0.3, -0.25) is 11.3 Å². The minimum atomic E-state index is -0.0267. The van der Waals surface area contributed by atoms with Gasteiger partial charge in [-0.1, -0.05) is 25.4 Å². The Labute approximate surface area is 88.6 Å². The van der Waals surface area contributed by atoms with Crippen molar-refractivity contribution in [3.8, 4) is 0 Å². The average molecular weight is 215 g/mol. The molecule has 0 saturated heterocycles. The lowest BCUT2D eigenvalue weighted by atomic mass is 9.97. The maximum Gasteiger partial charge on any atom is 0.128 e. The van der Waals surface area contributed by atoms with Gasteiger partial charge in [0.1, 0.15) is 5.82 Å². The highest BCUT2D eigenvalue weighted by Gasteiger charge is 2.17. The highest BCUT2D eigenvalue weighted by atomic mass is 35.5. The van der Waals surface area contributed by atoms with Gasteiger partial charge in [0, 0.05) is 11.8 Å². The number of nitrogen functional groups attached to an aromatic ring is 1. The molecule has 0 spiro atoms. The monoisotopic (exact) mass is 214 g/mol. The fraction of sp³-hybridized carbons (Fsp3) is 0.444. The van der Waals surface area contributed by atoms with E-state index in [1.807, 2.05) is 13.8 Å². The second-order valence-corrected chi connectivity index (χ2v) is 3.95. The summed E-state index contributed by atoms with van der Waals surface area (Å²) in [6.45, 7) is 4.09. The van der Waals surface area contributed by atoms with Crippen molar-refractivity contribution in [2.45, 2.75) is 19.9 Å². The number of hydrogen-bond donors (Lipinski definition) is 3. The molecule has 0 aromatic carbocycles. The van der Waals surface area contributed by atoms with Crippen LogP contribution in [0.1, 0.15) is 25.5 Å². The van der Waals surface area contributed by atoms with Gasteiger partial charge in [-0.2, -0.15) is 0 Å². The highest BCUT2D eigenvalue weighted by molar-refractivity contribution is 6.30. The zero-order chi connectivity index (χ0) is 10.7. The molecule has 1 atom stereocenters. The van der Waals surface area contributed by atoms with Gasteiger partial charge < -0.3 is 5.73 Å². The van der Waals surface area contributed by atoms with E-state index in [1.54, 1.807) is 6.07 Å². The van der Waals surface area contributed by atoms with Crippen LogP contribution in [0.5, 0.6) is 0 Å². The fourth-order valence-corrected chi connectivity index (χ4v) is 1.52. The lowest BCUT2D eigenvalue weighted by molar-refractivity contribution is 0.421. The van der Waals surface area contributed by atoms with E-state index in [9.17, 15) is 0 Å². The van der Waals surface area contributed by atoms with Gasteiger partial charge in [-0.05, 0) is 12.0 Å². The van der Waals surface area contributed by atoms with E-state index >= 15 is 0 Å². The Morgan fingerprint density at radius 1 is 1.50 bits per heavy atom. The van der Waals surface area contributed by atoms with Gasteiger partial charge in [-0.15, -0.1) is 0 Å². The molecule has 0 fully saturated rings. The summed E-state index contributed by atoms with van der Waals surface area (Å²) in [5, 5.41) is 0.565. The zero-order valence-corrected chi connectivity index (χ0v) is 9.05. The molecule has 78 valence electrons. The summed E-state index contributed by atoms with van der Waals surface area (Å²) < 4.78 is 0. The Morgan fingerprint density at radius 3 is 2.64 bits per heavy atom. The van der Waals surface area contributed by atoms with Gasteiger partial charge in [0.2, 0.25) is 0 Å². The summed E-state index contributed by atoms with van der Waals surface area (Å²) in [6, 6.07) is 1.76. The lowest BCUT2D eigenvalue weighted by Crippen LogP contribution is -2.32. The van der Waals surface area contributed by atoms with Crippen molar-refractivity contribution in [2.24, 2.45) is 11.8 Å². The number of hydrazine groups is 1. The molecule has 1 unspecified atom stereocenters. The van der Waals surface area contributed by atoms with Crippen molar-refractivity contribution in [3.05, 3.63) is 22.8 Å². The van der Waals surface area contributed by atoms with Crippen molar-refractivity contribution in [1.29, 1.82) is 0 Å². The molecule has 0 amide bonds. The zero-order valence-electron chi connectivity index (χ0n) is 8.29. The molecule has 1 rings (SSSR count). The summed E-state index contributed by atoms with van der Waals surface area (Å²) in [5.74, 6) is 6.23. The molecule has 1 aromatic heterocycles. The predicted octanol–water partition coefficient (Wildman–Crippen LogP) is 1.48. The third kappa shape index (κ3) is 2.35. The molecule has 14 heavy (non-hydrogen) atoms. The normalized spacial score (nSPS) is 13.2. The van der Waals surface area contributed by atoms with Crippen LogP contribution in [0, 0.1) is 5.92 Å². The molecule has 0 aliphatic heterocycles. The van der Waals surface area contributed by atoms with Crippen LogP contribution in [0.3, 0.4) is 0 Å². The van der Waals surface area contributed by atoms with Gasteiger partial charge in [0.25, 0.3) is 0 Å². The molecule has 0 radical (unpaired) electrons. The SMILES string of the molecule is CC(C)C(NN)c1cc(Cl)cnc1N. The van der Waals surface area contributed by atoms with Crippen LogP contribution in [0.15, 0.2) is 12.3 Å². The van der Waals surface area contributed by atoms with Crippen molar-refractivity contribution in [3.63, 3.8) is 0 Å². The van der Waals surface area contributed by atoms with Gasteiger partial charge >= 0.3 is 0 Å². The van der Waals surface area contributed by atoms with Crippen molar-refractivity contribution < 1.29 is 0 Å². The highest BCUT2D eigenvalue weighted by Crippen LogP contribution is 2.26. The van der Waals surface area contributed by atoms with Crippen LogP contribution < -0.4 is 17.0 Å². The van der Waals surface area contributed by atoms with Crippen LogP contribution in [0.2, 0.25) is 5.02 Å². The van der Waals surface area contributed by atoms with Crippen LogP contribution in [-0.4, -0.2) is 4.98 Å². The second-order valence-electron chi connectivity index (χ2n) is 3.52. The van der Waals surface area contributed by atoms with E-state index in [2.05, 4.69) is 10.4 Å². The Kier molecular flexibility index (Phi) is 3.69. The molecule has 0 aliphatic carbocycles. The number of nitrogens with zero attached hydrogens (tertiary/aromatic N) is 1. The lowest BCUT2D eigenvalue weighted by Gasteiger charge is -2.21. The Hall–Kier alpha value is -0.840. The van der Waals surface area contributed by atoms with Gasteiger partial charge in [0.05, 0.1) is 11.1 Å². The summed E-state index contributed by atoms with van der Waals surface area (Å²) in [6.07, 6.45) is 1.52. The van der Waals surface area contributed by atoms with E-state index in [4.69, 9.17) is 23.2 Å². The van der Waals surface area contributed by atoms with Crippen molar-refractivity contribution in [1.82, 2.24) is 10.4 Å². The van der Waals surface area contributed by atoms with E-state index in [0.717, 1.165) is 5.56 Å². The number of nitrogens with two attached hydrogens (primary N) is 2. The number of anilines is 1. The molecule has 4 nitrogen and oxygen atoms in total. The van der Waals surface area contributed by atoms with E-state index in [-0.39, 0.29) is 6.04 Å². The first kappa shape index (κ1) is 11.2. The largest absolute Gasteiger partial charge is 0.383 e. The van der Waals surface area contributed by atoms with Crippen molar-refractivity contribution >= 4 is 17.4 Å². The second kappa shape index (κ2) is 4.59. The van der Waals surface area contributed by atoms with Gasteiger partial charge in [0.15, 0.2) is 0 Å². The van der Waals surface area contributed by atoms with Crippen LogP contribution in [-0.2, 0) is 0 Å². The Morgan fingerprint density at radius 2 is 2.14 bits per heavy atom. The maximum absolute atomic E-state index is 5.84. The average Bonchev–Trinajstić information content (AvgIpc) is 2.11. The number of rotatable bonds is 3. The smallest absolute Gasteiger partial charge is 0.128 e. The molecule has 5 heteroatoms. The number of aromatic nitrogens is 1. The first-order valence-corrected chi connectivity index (χ1v) is 4.81.